The van der Waals surface area contributed by atoms with Gasteiger partial charge in [0.1, 0.15) is 13.1 Å². The fourth-order valence-corrected chi connectivity index (χ4v) is 0.200. The molecule has 10 heavy (non-hydrogen) atoms. The van der Waals surface area contributed by atoms with Crippen molar-refractivity contribution in [3.63, 3.8) is 0 Å². The highest BCUT2D eigenvalue weighted by atomic mass is 32.3. The maximum atomic E-state index is 8.52. The van der Waals surface area contributed by atoms with Crippen molar-refractivity contribution in [2.45, 2.75) is 0 Å². The van der Waals surface area contributed by atoms with E-state index >= 15 is 0 Å². The number of quaternary nitrogens is 1. The van der Waals surface area contributed by atoms with Crippen LogP contribution in [0.25, 0.3) is 0 Å². The van der Waals surface area contributed by atoms with Crippen molar-refractivity contribution >= 4 is 10.4 Å². The minimum Gasteiger partial charge on any atom is -0.759 e. The molecule has 0 aliphatic carbocycles. The Kier molecular flexibility index (Phi) is 2.78. The molecule has 1 rings (SSSR count). The van der Waals surface area contributed by atoms with E-state index in [2.05, 4.69) is 14.1 Å². The van der Waals surface area contributed by atoms with E-state index in [0.29, 0.717) is 0 Å². The van der Waals surface area contributed by atoms with Crippen molar-refractivity contribution < 1.29 is 22.0 Å². The summed E-state index contributed by atoms with van der Waals surface area (Å²) in [7, 11) is -0.694. The van der Waals surface area contributed by atoms with Gasteiger partial charge in [0.25, 0.3) is 0 Å². The van der Waals surface area contributed by atoms with Gasteiger partial charge < -0.3 is 13.6 Å². The molecule has 0 radical (unpaired) electrons. The van der Waals surface area contributed by atoms with Crippen LogP contribution in [0.15, 0.2) is 0 Å². The molecule has 1 aliphatic heterocycles. The molecular formula is C4H10NO4S-. The molecule has 0 amide bonds. The Bertz CT molecular complexity index is 181. The SMILES string of the molecule is C[N+]1(C)CC1.O=S(=O)([O-])[O-]. The summed E-state index contributed by atoms with van der Waals surface area (Å²) >= 11 is 0. The van der Waals surface area contributed by atoms with Gasteiger partial charge in [0, 0.05) is 10.4 Å². The molecule has 0 aromatic rings. The third kappa shape index (κ3) is 15.7. The monoisotopic (exact) mass is 168 g/mol. The first-order valence-corrected chi connectivity index (χ1v) is 4.03. The largest absolute Gasteiger partial charge is 0.759 e. The van der Waals surface area contributed by atoms with Gasteiger partial charge >= 0.3 is 0 Å². The molecule has 1 heterocycles. The minimum absolute atomic E-state index is 1.25. The van der Waals surface area contributed by atoms with Gasteiger partial charge in [0.15, 0.2) is 0 Å². The predicted octanol–water partition coefficient (Wildman–Crippen LogP) is -1.26. The van der Waals surface area contributed by atoms with Crippen LogP contribution in [-0.2, 0) is 10.4 Å². The Labute approximate surface area is 60.4 Å². The van der Waals surface area contributed by atoms with Gasteiger partial charge in [-0.1, -0.05) is 0 Å². The summed E-state index contributed by atoms with van der Waals surface area (Å²) in [6.07, 6.45) is 0. The van der Waals surface area contributed by atoms with Crippen LogP contribution in [0.4, 0.5) is 0 Å². The lowest BCUT2D eigenvalue weighted by molar-refractivity contribution is -0.753. The highest BCUT2D eigenvalue weighted by molar-refractivity contribution is 7.79. The molecule has 1 aliphatic rings. The lowest BCUT2D eigenvalue weighted by Crippen LogP contribution is -2.09. The van der Waals surface area contributed by atoms with Gasteiger partial charge in [-0.3, -0.25) is 8.42 Å². The summed E-state index contributed by atoms with van der Waals surface area (Å²) in [6, 6.07) is 0. The van der Waals surface area contributed by atoms with Crippen molar-refractivity contribution in [3.8, 4) is 0 Å². The zero-order valence-corrected chi connectivity index (χ0v) is 6.72. The zero-order valence-electron chi connectivity index (χ0n) is 5.90. The number of hydrogen-bond acceptors (Lipinski definition) is 4. The summed E-state index contributed by atoms with van der Waals surface area (Å²) in [4.78, 5) is 0. The van der Waals surface area contributed by atoms with Crippen LogP contribution in [0.3, 0.4) is 0 Å². The molecule has 0 bridgehead atoms. The molecule has 62 valence electrons. The van der Waals surface area contributed by atoms with Crippen LogP contribution in [0.1, 0.15) is 0 Å². The number of hydrogen-bond donors (Lipinski definition) is 0. The average molecular weight is 168 g/mol. The van der Waals surface area contributed by atoms with Crippen LogP contribution in [0, 0.1) is 0 Å². The molecule has 0 saturated carbocycles. The summed E-state index contributed by atoms with van der Waals surface area (Å²) < 4.78 is 35.3. The first kappa shape index (κ1) is 9.83. The number of likely N-dealkylation sites (N-methyl/N-ethyl adjacent to an activating group) is 1. The Hall–Kier alpha value is -0.170. The van der Waals surface area contributed by atoms with Gasteiger partial charge in [-0.2, -0.15) is 0 Å². The molecule has 0 aromatic carbocycles. The van der Waals surface area contributed by atoms with E-state index in [-0.39, 0.29) is 0 Å². The average Bonchev–Trinajstić information content (AvgIpc) is 2.11. The smallest absolute Gasteiger partial charge is 0.128 e. The fourth-order valence-electron chi connectivity index (χ4n) is 0.200. The molecule has 5 nitrogen and oxygen atoms in total. The van der Waals surface area contributed by atoms with E-state index in [0.717, 1.165) is 0 Å². The van der Waals surface area contributed by atoms with Crippen molar-refractivity contribution in [1.29, 1.82) is 0 Å². The molecule has 1 fully saturated rings. The van der Waals surface area contributed by atoms with Gasteiger partial charge in [-0.15, -0.1) is 0 Å². The maximum Gasteiger partial charge on any atom is 0.128 e. The van der Waals surface area contributed by atoms with Crippen molar-refractivity contribution in [3.05, 3.63) is 0 Å². The first-order chi connectivity index (χ1) is 4.21. The second-order valence-corrected chi connectivity index (χ2v) is 3.61. The zero-order chi connectivity index (χ0) is 8.41. The highest BCUT2D eigenvalue weighted by Crippen LogP contribution is 2.09. The molecule has 0 N–H and O–H groups in total. The van der Waals surface area contributed by atoms with E-state index in [1.807, 2.05) is 0 Å². The van der Waals surface area contributed by atoms with E-state index < -0.39 is 10.4 Å². The molecule has 0 aromatic heterocycles. The van der Waals surface area contributed by atoms with Crippen molar-refractivity contribution in [2.24, 2.45) is 0 Å². The summed E-state index contributed by atoms with van der Waals surface area (Å²) in [6.45, 7) is 2.78. The van der Waals surface area contributed by atoms with Crippen molar-refractivity contribution in [2.75, 3.05) is 27.2 Å². The fraction of sp³-hybridized carbons (Fsp3) is 1.00. The quantitative estimate of drug-likeness (QED) is 0.196. The predicted molar refractivity (Wildman–Crippen MR) is 32.3 cm³/mol. The van der Waals surface area contributed by atoms with Crippen LogP contribution < -0.4 is 0 Å². The molecular weight excluding hydrogens is 158 g/mol. The van der Waals surface area contributed by atoms with Gasteiger partial charge in [0.2, 0.25) is 0 Å². The Morgan fingerprint density at radius 3 is 1.30 bits per heavy atom. The third-order valence-corrected chi connectivity index (χ3v) is 1.12. The second kappa shape index (κ2) is 2.83. The van der Waals surface area contributed by atoms with Crippen molar-refractivity contribution in [1.82, 2.24) is 0 Å². The summed E-state index contributed by atoms with van der Waals surface area (Å²) in [5.74, 6) is 0. The molecule has 0 unspecified atom stereocenters. The Morgan fingerprint density at radius 1 is 1.20 bits per heavy atom. The molecule has 1 saturated heterocycles. The van der Waals surface area contributed by atoms with Gasteiger partial charge in [0.05, 0.1) is 14.1 Å². The Morgan fingerprint density at radius 2 is 1.30 bits per heavy atom. The van der Waals surface area contributed by atoms with E-state index in [4.69, 9.17) is 17.5 Å². The maximum absolute atomic E-state index is 8.52. The molecule has 6 heteroatoms. The highest BCUT2D eigenvalue weighted by Gasteiger charge is 2.30. The molecule has 0 spiro atoms. The standard InChI is InChI=1S/C4H10N.H2O4S/c1-5(2)3-4-5;1-5(2,3)4/h3-4H2,1-2H3;(H2,1,2,3,4)/q+1;/p-2. The summed E-state index contributed by atoms with van der Waals surface area (Å²) in [5, 5.41) is 0. The number of nitrogens with zero attached hydrogens (tertiary/aromatic N) is 1. The first-order valence-electron chi connectivity index (χ1n) is 2.69. The molecule has 0 atom stereocenters. The summed E-state index contributed by atoms with van der Waals surface area (Å²) in [5.41, 5.74) is 0. The Balaban J connectivity index is 0.000000162. The normalized spacial score (nSPS) is 20.8. The van der Waals surface area contributed by atoms with Crippen LogP contribution in [0.2, 0.25) is 0 Å². The minimum atomic E-state index is -5.17. The van der Waals surface area contributed by atoms with E-state index in [1.165, 1.54) is 17.6 Å². The van der Waals surface area contributed by atoms with Crippen LogP contribution in [0.5, 0.6) is 0 Å². The van der Waals surface area contributed by atoms with Crippen LogP contribution in [-0.4, -0.2) is 49.2 Å². The van der Waals surface area contributed by atoms with Gasteiger partial charge in [-0.25, -0.2) is 0 Å². The van der Waals surface area contributed by atoms with Gasteiger partial charge in [-0.05, 0) is 0 Å². The van der Waals surface area contributed by atoms with E-state index in [1.54, 1.807) is 0 Å². The van der Waals surface area contributed by atoms with E-state index in [9.17, 15) is 0 Å². The third-order valence-electron chi connectivity index (χ3n) is 1.12. The van der Waals surface area contributed by atoms with Crippen LogP contribution >= 0.6 is 0 Å². The lowest BCUT2D eigenvalue weighted by Gasteiger charge is -2.06. The lowest BCUT2D eigenvalue weighted by atomic mass is 11.0. The second-order valence-electron chi connectivity index (χ2n) is 2.79. The topological polar surface area (TPSA) is 80.3 Å². The number of rotatable bonds is 0.